The molecule has 1 aromatic heterocycles. The van der Waals surface area contributed by atoms with Crippen LogP contribution in [-0.2, 0) is 20.0 Å². The van der Waals surface area contributed by atoms with Crippen molar-refractivity contribution in [3.8, 4) is 0 Å². The molecule has 0 saturated heterocycles. The molecule has 7 nitrogen and oxygen atoms in total. The smallest absolute Gasteiger partial charge is 0.250 e. The van der Waals surface area contributed by atoms with Gasteiger partial charge in [-0.05, 0) is 6.07 Å². The van der Waals surface area contributed by atoms with Gasteiger partial charge in [0.25, 0.3) is 0 Å². The van der Waals surface area contributed by atoms with E-state index < -0.39 is 20.0 Å². The van der Waals surface area contributed by atoms with Gasteiger partial charge in [0.1, 0.15) is 4.21 Å². The summed E-state index contributed by atoms with van der Waals surface area (Å²) in [7, 11) is -4.31. The molecular weight excluding hydrogens is 298 g/mol. The Hall–Kier alpha value is -0.680. The van der Waals surface area contributed by atoms with E-state index in [9.17, 15) is 16.8 Å². The van der Waals surface area contributed by atoms with Crippen LogP contribution in [0.1, 0.15) is 0 Å². The second-order valence-electron chi connectivity index (χ2n) is 3.70. The molecule has 1 rings (SSSR count). The monoisotopic (exact) mass is 313 g/mol. The molecule has 18 heavy (non-hydrogen) atoms. The van der Waals surface area contributed by atoms with E-state index in [1.807, 2.05) is 0 Å². The minimum Gasteiger partial charge on any atom is -0.398 e. The normalized spacial score (nSPS) is 13.1. The van der Waals surface area contributed by atoms with Crippen molar-refractivity contribution >= 4 is 37.1 Å². The fraction of sp³-hybridized carbons (Fsp3) is 0.500. The Morgan fingerprint density at radius 1 is 1.33 bits per heavy atom. The number of nitrogens with two attached hydrogens (primary N) is 1. The van der Waals surface area contributed by atoms with Crippen LogP contribution in [0, 0.1) is 0 Å². The Bertz CT molecular complexity index is 603. The second-order valence-corrected chi connectivity index (χ2v) is 8.90. The van der Waals surface area contributed by atoms with Gasteiger partial charge >= 0.3 is 0 Å². The Kier molecular flexibility index (Phi) is 4.72. The molecule has 0 saturated carbocycles. The van der Waals surface area contributed by atoms with E-state index in [2.05, 4.69) is 4.72 Å². The maximum absolute atomic E-state index is 11.7. The number of hydrogen-bond acceptors (Lipinski definition) is 6. The number of nitrogen functional groups attached to an aromatic ring is 1. The molecule has 0 aliphatic rings. The van der Waals surface area contributed by atoms with Gasteiger partial charge in [-0.15, -0.1) is 11.3 Å². The number of nitrogens with zero attached hydrogens (tertiary/aromatic N) is 1. The van der Waals surface area contributed by atoms with Crippen molar-refractivity contribution in [1.82, 2.24) is 9.03 Å². The molecule has 0 unspecified atom stereocenters. The first-order valence-corrected chi connectivity index (χ1v) is 8.86. The van der Waals surface area contributed by atoms with E-state index in [-0.39, 0.29) is 16.5 Å². The highest BCUT2D eigenvalue weighted by Crippen LogP contribution is 2.21. The molecular formula is C8H15N3O4S3. The molecule has 0 radical (unpaired) electrons. The van der Waals surface area contributed by atoms with Crippen molar-refractivity contribution in [1.29, 1.82) is 0 Å². The van der Waals surface area contributed by atoms with Crippen LogP contribution in [0.4, 0.5) is 5.69 Å². The predicted octanol–water partition coefficient (Wildman–Crippen LogP) is -0.500. The number of thiophene rings is 1. The lowest BCUT2D eigenvalue weighted by atomic mass is 10.6. The first-order chi connectivity index (χ1) is 8.15. The molecule has 0 atom stereocenters. The Morgan fingerprint density at radius 3 is 2.39 bits per heavy atom. The predicted molar refractivity (Wildman–Crippen MR) is 71.4 cm³/mol. The standard InChI is InChI=1S/C8H15N3O4S3/c1-11(2)17(12,13)4-3-10-18(14,15)8-5-7(9)6-16-8/h5-6,10H,3-4,9H2,1-2H3. The van der Waals surface area contributed by atoms with Crippen LogP contribution in [0.5, 0.6) is 0 Å². The van der Waals surface area contributed by atoms with Crippen LogP contribution in [0.25, 0.3) is 0 Å². The lowest BCUT2D eigenvalue weighted by molar-refractivity contribution is 0.519. The topological polar surface area (TPSA) is 110 Å². The zero-order valence-corrected chi connectivity index (χ0v) is 12.4. The first kappa shape index (κ1) is 15.4. The summed E-state index contributed by atoms with van der Waals surface area (Å²) in [6.07, 6.45) is 0. The minimum atomic E-state index is -3.68. The molecule has 3 N–H and O–H groups in total. The van der Waals surface area contributed by atoms with E-state index in [4.69, 9.17) is 5.73 Å². The van der Waals surface area contributed by atoms with Crippen LogP contribution in [0.15, 0.2) is 15.7 Å². The van der Waals surface area contributed by atoms with Crippen LogP contribution >= 0.6 is 11.3 Å². The molecule has 0 aliphatic carbocycles. The van der Waals surface area contributed by atoms with Gasteiger partial charge in [0.15, 0.2) is 0 Å². The minimum absolute atomic E-state index is 0.0715. The highest BCUT2D eigenvalue weighted by Gasteiger charge is 2.19. The summed E-state index contributed by atoms with van der Waals surface area (Å²) in [6.45, 7) is -0.180. The van der Waals surface area contributed by atoms with E-state index in [0.717, 1.165) is 15.6 Å². The summed E-state index contributed by atoms with van der Waals surface area (Å²) in [5.74, 6) is -0.292. The Labute approximate surface area is 111 Å². The zero-order chi connectivity index (χ0) is 14.0. The van der Waals surface area contributed by atoms with Crippen molar-refractivity contribution in [3.05, 3.63) is 11.4 Å². The highest BCUT2D eigenvalue weighted by molar-refractivity contribution is 7.91. The van der Waals surface area contributed by atoms with Gasteiger partial charge in [-0.1, -0.05) is 0 Å². The number of nitrogens with one attached hydrogen (secondary N) is 1. The molecule has 1 heterocycles. The van der Waals surface area contributed by atoms with E-state index in [1.54, 1.807) is 0 Å². The fourth-order valence-corrected chi connectivity index (χ4v) is 4.04. The lowest BCUT2D eigenvalue weighted by Crippen LogP contribution is -2.33. The first-order valence-electron chi connectivity index (χ1n) is 4.89. The van der Waals surface area contributed by atoms with Gasteiger partial charge in [0.2, 0.25) is 20.0 Å². The highest BCUT2D eigenvalue weighted by atomic mass is 32.2. The van der Waals surface area contributed by atoms with Crippen LogP contribution < -0.4 is 10.5 Å². The molecule has 0 amide bonds. The molecule has 10 heteroatoms. The van der Waals surface area contributed by atoms with Crippen molar-refractivity contribution in [3.63, 3.8) is 0 Å². The van der Waals surface area contributed by atoms with Crippen LogP contribution in [-0.4, -0.2) is 47.5 Å². The van der Waals surface area contributed by atoms with Crippen molar-refractivity contribution < 1.29 is 16.8 Å². The van der Waals surface area contributed by atoms with Crippen LogP contribution in [0.2, 0.25) is 0 Å². The maximum Gasteiger partial charge on any atom is 0.250 e. The molecule has 0 aromatic carbocycles. The summed E-state index contributed by atoms with van der Waals surface area (Å²) in [5.41, 5.74) is 5.79. The van der Waals surface area contributed by atoms with Gasteiger partial charge in [0.05, 0.1) is 5.75 Å². The molecule has 0 fully saturated rings. The number of rotatable bonds is 6. The third kappa shape index (κ3) is 3.92. The largest absolute Gasteiger partial charge is 0.398 e. The second kappa shape index (κ2) is 5.53. The van der Waals surface area contributed by atoms with Gasteiger partial charge in [-0.2, -0.15) is 0 Å². The Morgan fingerprint density at radius 2 is 1.94 bits per heavy atom. The van der Waals surface area contributed by atoms with Gasteiger partial charge in [-0.3, -0.25) is 0 Å². The molecule has 0 bridgehead atoms. The lowest BCUT2D eigenvalue weighted by Gasteiger charge is -2.11. The quantitative estimate of drug-likeness (QED) is 0.736. The van der Waals surface area contributed by atoms with E-state index in [1.165, 1.54) is 25.5 Å². The van der Waals surface area contributed by atoms with Gasteiger partial charge in [0, 0.05) is 31.7 Å². The molecule has 104 valence electrons. The summed E-state index contributed by atoms with van der Waals surface area (Å²) in [5, 5.41) is 1.51. The van der Waals surface area contributed by atoms with Crippen LogP contribution in [0.3, 0.4) is 0 Å². The Balaban J connectivity index is 2.65. The van der Waals surface area contributed by atoms with E-state index >= 15 is 0 Å². The van der Waals surface area contributed by atoms with Gasteiger partial charge < -0.3 is 5.73 Å². The maximum atomic E-state index is 11.7. The van der Waals surface area contributed by atoms with Gasteiger partial charge in [-0.25, -0.2) is 25.9 Å². The molecule has 0 spiro atoms. The third-order valence-electron chi connectivity index (χ3n) is 2.07. The molecule has 0 aliphatic heterocycles. The number of sulfonamides is 2. The summed E-state index contributed by atoms with van der Waals surface area (Å²) >= 11 is 0.985. The number of hydrogen-bond donors (Lipinski definition) is 2. The van der Waals surface area contributed by atoms with Crippen molar-refractivity contribution in [2.75, 3.05) is 32.1 Å². The summed E-state index contributed by atoms with van der Waals surface area (Å²) in [6, 6.07) is 1.33. The SMILES string of the molecule is CN(C)S(=O)(=O)CCNS(=O)(=O)c1cc(N)cs1. The summed E-state index contributed by atoms with van der Waals surface area (Å²) in [4.78, 5) is 0. The average Bonchev–Trinajstić information content (AvgIpc) is 2.64. The third-order valence-corrected chi connectivity index (χ3v) is 6.82. The average molecular weight is 313 g/mol. The van der Waals surface area contributed by atoms with Crippen molar-refractivity contribution in [2.45, 2.75) is 4.21 Å². The molecule has 1 aromatic rings. The zero-order valence-electron chi connectivity index (χ0n) is 9.95. The summed E-state index contributed by atoms with van der Waals surface area (Å²) < 4.78 is 49.7. The number of anilines is 1. The van der Waals surface area contributed by atoms with E-state index in [0.29, 0.717) is 5.69 Å². The van der Waals surface area contributed by atoms with Crippen molar-refractivity contribution in [2.24, 2.45) is 0 Å². The fourth-order valence-electron chi connectivity index (χ4n) is 1.03.